The van der Waals surface area contributed by atoms with Crippen molar-refractivity contribution in [2.24, 2.45) is 0 Å². The van der Waals surface area contributed by atoms with Crippen LogP contribution in [0.5, 0.6) is 0 Å². The molecule has 4 N–H and O–H groups in total. The Morgan fingerprint density at radius 1 is 1.53 bits per heavy atom. The number of hydrogen-bond donors (Lipinski definition) is 3. The maximum Gasteiger partial charge on any atom is 0.251 e. The number of aliphatic hydroxyl groups is 1. The van der Waals surface area contributed by atoms with Crippen LogP contribution in [-0.2, 0) is 0 Å². The molecule has 0 atom stereocenters. The van der Waals surface area contributed by atoms with Crippen molar-refractivity contribution in [1.82, 2.24) is 5.32 Å². The fraction of sp³-hybridized carbons (Fsp3) is 0.417. The Bertz CT molecular complexity index is 439. The molecule has 0 bridgehead atoms. The van der Waals surface area contributed by atoms with Gasteiger partial charge in [-0.3, -0.25) is 4.79 Å². The fourth-order valence-corrected chi connectivity index (χ4v) is 1.80. The van der Waals surface area contributed by atoms with E-state index in [2.05, 4.69) is 21.2 Å². The van der Waals surface area contributed by atoms with Crippen molar-refractivity contribution < 1.29 is 9.90 Å². The van der Waals surface area contributed by atoms with Crippen LogP contribution in [0.3, 0.4) is 0 Å². The van der Waals surface area contributed by atoms with Crippen LogP contribution in [0.2, 0.25) is 0 Å². The standard InChI is InChI=1S/C12H17BrN2O2/c1-7-9(4-8(13)5-10(7)14)11(16)15-6-12(2,3)17/h4-5,17H,6,14H2,1-3H3,(H,15,16). The van der Waals surface area contributed by atoms with E-state index in [1.54, 1.807) is 32.9 Å². The lowest BCUT2D eigenvalue weighted by Gasteiger charge is -2.18. The highest BCUT2D eigenvalue weighted by Gasteiger charge is 2.17. The molecular weight excluding hydrogens is 284 g/mol. The van der Waals surface area contributed by atoms with Gasteiger partial charge in [0, 0.05) is 22.3 Å². The highest BCUT2D eigenvalue weighted by molar-refractivity contribution is 9.10. The normalized spacial score (nSPS) is 11.4. The number of nitrogens with one attached hydrogen (secondary N) is 1. The number of nitrogen functional groups attached to an aromatic ring is 1. The molecule has 0 heterocycles. The molecule has 0 unspecified atom stereocenters. The van der Waals surface area contributed by atoms with E-state index in [1.807, 2.05) is 0 Å². The molecule has 0 saturated carbocycles. The first-order chi connectivity index (χ1) is 7.70. The molecule has 1 aromatic rings. The molecule has 94 valence electrons. The summed E-state index contributed by atoms with van der Waals surface area (Å²) in [7, 11) is 0. The lowest BCUT2D eigenvalue weighted by Crippen LogP contribution is -2.38. The number of carbonyl (C=O) groups excluding carboxylic acids is 1. The number of nitrogens with two attached hydrogens (primary N) is 1. The van der Waals surface area contributed by atoms with Crippen LogP contribution < -0.4 is 11.1 Å². The Hall–Kier alpha value is -1.07. The smallest absolute Gasteiger partial charge is 0.251 e. The van der Waals surface area contributed by atoms with Crippen molar-refractivity contribution in [1.29, 1.82) is 0 Å². The quantitative estimate of drug-likeness (QED) is 0.746. The molecule has 0 aromatic heterocycles. The van der Waals surface area contributed by atoms with Crippen molar-refractivity contribution in [2.75, 3.05) is 12.3 Å². The van der Waals surface area contributed by atoms with E-state index in [0.29, 0.717) is 11.3 Å². The molecular formula is C12H17BrN2O2. The van der Waals surface area contributed by atoms with E-state index in [-0.39, 0.29) is 12.5 Å². The second-order valence-corrected chi connectivity index (χ2v) is 5.58. The average Bonchev–Trinajstić information content (AvgIpc) is 2.19. The molecule has 1 rings (SSSR count). The Morgan fingerprint density at radius 3 is 2.65 bits per heavy atom. The SMILES string of the molecule is Cc1c(N)cc(Br)cc1C(=O)NCC(C)(C)O. The number of anilines is 1. The molecule has 0 spiro atoms. The third kappa shape index (κ3) is 4.02. The summed E-state index contributed by atoms with van der Waals surface area (Å²) < 4.78 is 0.758. The third-order valence-electron chi connectivity index (χ3n) is 2.34. The molecule has 0 radical (unpaired) electrons. The Balaban J connectivity index is 2.90. The summed E-state index contributed by atoms with van der Waals surface area (Å²) in [6.45, 7) is 5.25. The minimum Gasteiger partial charge on any atom is -0.398 e. The zero-order valence-corrected chi connectivity index (χ0v) is 11.8. The first-order valence-electron chi connectivity index (χ1n) is 5.27. The van der Waals surface area contributed by atoms with Gasteiger partial charge in [0.05, 0.1) is 5.60 Å². The zero-order chi connectivity index (χ0) is 13.2. The highest BCUT2D eigenvalue weighted by atomic mass is 79.9. The summed E-state index contributed by atoms with van der Waals surface area (Å²) in [5, 5.41) is 12.2. The largest absolute Gasteiger partial charge is 0.398 e. The van der Waals surface area contributed by atoms with Gasteiger partial charge in [-0.25, -0.2) is 0 Å². The minimum atomic E-state index is -0.929. The van der Waals surface area contributed by atoms with Crippen LogP contribution >= 0.6 is 15.9 Å². The second-order valence-electron chi connectivity index (χ2n) is 4.66. The minimum absolute atomic E-state index is 0.192. The summed E-state index contributed by atoms with van der Waals surface area (Å²) in [4.78, 5) is 11.9. The van der Waals surface area contributed by atoms with Crippen molar-refractivity contribution in [2.45, 2.75) is 26.4 Å². The fourth-order valence-electron chi connectivity index (χ4n) is 1.33. The van der Waals surface area contributed by atoms with Crippen molar-refractivity contribution >= 4 is 27.5 Å². The van der Waals surface area contributed by atoms with Gasteiger partial charge in [-0.05, 0) is 38.5 Å². The highest BCUT2D eigenvalue weighted by Crippen LogP contribution is 2.22. The Labute approximate surface area is 109 Å². The van der Waals surface area contributed by atoms with Gasteiger partial charge in [0.2, 0.25) is 0 Å². The molecule has 1 aromatic carbocycles. The van der Waals surface area contributed by atoms with Crippen LogP contribution in [0.15, 0.2) is 16.6 Å². The van der Waals surface area contributed by atoms with E-state index >= 15 is 0 Å². The molecule has 0 aliphatic rings. The van der Waals surface area contributed by atoms with Crippen molar-refractivity contribution in [3.05, 3.63) is 27.7 Å². The molecule has 0 saturated heterocycles. The number of halogens is 1. The zero-order valence-electron chi connectivity index (χ0n) is 10.2. The summed E-state index contributed by atoms with van der Waals surface area (Å²) in [6, 6.07) is 3.47. The van der Waals surface area contributed by atoms with Crippen LogP contribution in [0.4, 0.5) is 5.69 Å². The van der Waals surface area contributed by atoms with Gasteiger partial charge in [0.25, 0.3) is 5.91 Å². The molecule has 17 heavy (non-hydrogen) atoms. The average molecular weight is 301 g/mol. The molecule has 5 heteroatoms. The van der Waals surface area contributed by atoms with Gasteiger partial charge in [0.15, 0.2) is 0 Å². The second kappa shape index (κ2) is 5.06. The van der Waals surface area contributed by atoms with Gasteiger partial charge < -0.3 is 16.2 Å². The first-order valence-corrected chi connectivity index (χ1v) is 6.06. The number of benzene rings is 1. The van der Waals surface area contributed by atoms with Gasteiger partial charge in [-0.2, -0.15) is 0 Å². The Kier molecular flexibility index (Phi) is 4.16. The molecule has 0 aliphatic carbocycles. The van der Waals surface area contributed by atoms with Crippen LogP contribution in [-0.4, -0.2) is 23.2 Å². The topological polar surface area (TPSA) is 75.4 Å². The monoisotopic (exact) mass is 300 g/mol. The third-order valence-corrected chi connectivity index (χ3v) is 2.80. The predicted octanol–water partition coefficient (Wildman–Crippen LogP) is 1.84. The molecule has 4 nitrogen and oxygen atoms in total. The van der Waals surface area contributed by atoms with Gasteiger partial charge in [-0.15, -0.1) is 0 Å². The lowest BCUT2D eigenvalue weighted by molar-refractivity contribution is 0.0694. The maximum atomic E-state index is 11.9. The van der Waals surface area contributed by atoms with Gasteiger partial charge in [-0.1, -0.05) is 15.9 Å². The van der Waals surface area contributed by atoms with E-state index in [0.717, 1.165) is 10.0 Å². The van der Waals surface area contributed by atoms with Crippen molar-refractivity contribution in [3.8, 4) is 0 Å². The molecule has 1 amide bonds. The summed E-state index contributed by atoms with van der Waals surface area (Å²) >= 11 is 3.30. The summed E-state index contributed by atoms with van der Waals surface area (Å²) in [5.74, 6) is -0.238. The van der Waals surface area contributed by atoms with E-state index in [4.69, 9.17) is 5.73 Å². The maximum absolute atomic E-state index is 11.9. The van der Waals surface area contributed by atoms with Crippen LogP contribution in [0, 0.1) is 6.92 Å². The predicted molar refractivity (Wildman–Crippen MR) is 71.9 cm³/mol. The first kappa shape index (κ1) is 14.0. The van der Waals surface area contributed by atoms with Crippen molar-refractivity contribution in [3.63, 3.8) is 0 Å². The lowest BCUT2D eigenvalue weighted by atomic mass is 10.1. The van der Waals surface area contributed by atoms with Gasteiger partial charge in [0.1, 0.15) is 0 Å². The molecule has 0 aliphatic heterocycles. The van der Waals surface area contributed by atoms with Crippen LogP contribution in [0.25, 0.3) is 0 Å². The summed E-state index contributed by atoms with van der Waals surface area (Å²) in [6.07, 6.45) is 0. The van der Waals surface area contributed by atoms with E-state index < -0.39 is 5.60 Å². The number of hydrogen-bond acceptors (Lipinski definition) is 3. The number of amides is 1. The summed E-state index contributed by atoms with van der Waals surface area (Å²) in [5.41, 5.74) is 6.67. The van der Waals surface area contributed by atoms with E-state index in [9.17, 15) is 9.90 Å². The van der Waals surface area contributed by atoms with E-state index in [1.165, 1.54) is 0 Å². The van der Waals surface area contributed by atoms with Crippen LogP contribution in [0.1, 0.15) is 29.8 Å². The number of rotatable bonds is 3. The van der Waals surface area contributed by atoms with Gasteiger partial charge >= 0.3 is 0 Å². The molecule has 0 fully saturated rings. The Morgan fingerprint density at radius 2 is 2.12 bits per heavy atom. The number of carbonyl (C=O) groups is 1.